The molecular weight excluding hydrogens is 348 g/mol. The molecule has 0 fully saturated rings. The molecule has 0 amide bonds. The largest absolute Gasteiger partial charge is 0.704 e. The molecule has 0 heterocycles. The Bertz CT molecular complexity index is 701. The molecule has 2 atom stereocenters. The van der Waals surface area contributed by atoms with Crippen molar-refractivity contribution in [1.29, 1.82) is 0 Å². The summed E-state index contributed by atoms with van der Waals surface area (Å²) < 4.78 is 0. The van der Waals surface area contributed by atoms with E-state index in [-0.39, 0.29) is 12.1 Å². The summed E-state index contributed by atoms with van der Waals surface area (Å²) in [7, 11) is 0. The zero-order valence-corrected chi connectivity index (χ0v) is 17.6. The first-order valence-electron chi connectivity index (χ1n) is 10.4. The molecule has 0 saturated heterocycles. The van der Waals surface area contributed by atoms with Crippen LogP contribution in [0.2, 0.25) is 0 Å². The van der Waals surface area contributed by atoms with Crippen LogP contribution in [-0.2, 0) is 12.8 Å². The number of hydroxylamine groups is 1. The van der Waals surface area contributed by atoms with Gasteiger partial charge in [-0.3, -0.25) is 0 Å². The smallest absolute Gasteiger partial charge is 0.238 e. The summed E-state index contributed by atoms with van der Waals surface area (Å²) in [6.07, 6.45) is 2.55. The Morgan fingerprint density at radius 2 is 1.25 bits per heavy atom. The summed E-state index contributed by atoms with van der Waals surface area (Å²) in [6, 6.07) is 19.2. The third kappa shape index (κ3) is 7.08. The molecule has 2 unspecified atom stereocenters. The molecule has 28 heavy (non-hydrogen) atoms. The molecule has 0 aromatic heterocycles. The number of rotatable bonds is 11. The predicted octanol–water partition coefficient (Wildman–Crippen LogP) is 5.79. The van der Waals surface area contributed by atoms with E-state index in [0.29, 0.717) is 47.6 Å². The molecule has 2 aromatic rings. The van der Waals surface area contributed by atoms with Crippen molar-refractivity contribution in [3.05, 3.63) is 81.9 Å². The van der Waals surface area contributed by atoms with Crippen LogP contribution in [0.15, 0.2) is 60.7 Å². The molecule has 2 rings (SSSR count). The Morgan fingerprint density at radius 3 is 1.71 bits per heavy atom. The molecule has 0 aliphatic carbocycles. The van der Waals surface area contributed by atoms with E-state index in [1.54, 1.807) is 0 Å². The lowest BCUT2D eigenvalue weighted by Gasteiger charge is -2.32. The molecular formula is C24H34N2O2. The second kappa shape index (κ2) is 11.0. The second-order valence-corrected chi connectivity index (χ2v) is 8.55. The minimum atomic E-state index is -0.356. The van der Waals surface area contributed by atoms with E-state index in [4.69, 9.17) is 0 Å². The van der Waals surface area contributed by atoms with Crippen molar-refractivity contribution in [3.8, 4) is 0 Å². The van der Waals surface area contributed by atoms with E-state index < -0.39 is 0 Å². The molecule has 4 nitrogen and oxygen atoms in total. The van der Waals surface area contributed by atoms with E-state index in [1.807, 2.05) is 60.7 Å². The summed E-state index contributed by atoms with van der Waals surface area (Å²) in [5.41, 5.74) is 2.18. The van der Waals surface area contributed by atoms with E-state index in [2.05, 4.69) is 27.7 Å². The van der Waals surface area contributed by atoms with Gasteiger partial charge in [0.15, 0.2) is 0 Å². The van der Waals surface area contributed by atoms with Crippen LogP contribution in [0.1, 0.15) is 51.7 Å². The lowest BCUT2D eigenvalue weighted by atomic mass is 9.96. The van der Waals surface area contributed by atoms with Crippen molar-refractivity contribution >= 4 is 0 Å². The highest BCUT2D eigenvalue weighted by molar-refractivity contribution is 5.16. The van der Waals surface area contributed by atoms with E-state index in [0.717, 1.165) is 11.1 Å². The van der Waals surface area contributed by atoms with Gasteiger partial charge in [0.25, 0.3) is 0 Å². The molecule has 0 N–H and O–H groups in total. The van der Waals surface area contributed by atoms with Crippen LogP contribution in [0.3, 0.4) is 0 Å². The van der Waals surface area contributed by atoms with Crippen LogP contribution in [0.25, 0.3) is 0 Å². The van der Waals surface area contributed by atoms with Gasteiger partial charge in [0, 0.05) is 12.8 Å². The average molecular weight is 383 g/mol. The first-order chi connectivity index (χ1) is 13.4. The molecule has 0 aliphatic heterocycles. The number of nitrogens with zero attached hydrogens (tertiary/aromatic N) is 2. The fraction of sp³-hybridized carbons (Fsp3) is 0.500. The van der Waals surface area contributed by atoms with Crippen molar-refractivity contribution in [2.45, 2.75) is 65.5 Å². The highest BCUT2D eigenvalue weighted by Crippen LogP contribution is 2.21. The Morgan fingerprint density at radius 1 is 0.786 bits per heavy atom. The highest BCUT2D eigenvalue weighted by Gasteiger charge is 2.32. The summed E-state index contributed by atoms with van der Waals surface area (Å²) in [5, 5.41) is 13.8. The summed E-state index contributed by atoms with van der Waals surface area (Å²) in [4.78, 5) is 13.8. The number of benzene rings is 2. The SMILES string of the molecule is CC(C)CC(Cc1ccccc1)N([O-])[N+](=O)C(Cc1ccccc1)CC(C)C. The van der Waals surface area contributed by atoms with Gasteiger partial charge in [0.05, 0.1) is 10.9 Å². The van der Waals surface area contributed by atoms with Crippen LogP contribution in [0.4, 0.5) is 0 Å². The van der Waals surface area contributed by atoms with Crippen LogP contribution in [0, 0.1) is 22.0 Å². The summed E-state index contributed by atoms with van der Waals surface area (Å²) in [6.45, 7) is 8.38. The summed E-state index contributed by atoms with van der Waals surface area (Å²) >= 11 is 0. The van der Waals surface area contributed by atoms with Crippen molar-refractivity contribution in [1.82, 2.24) is 5.17 Å². The maximum Gasteiger partial charge on any atom is 0.238 e. The molecule has 0 aliphatic rings. The molecule has 0 spiro atoms. The fourth-order valence-corrected chi connectivity index (χ4v) is 3.69. The maximum atomic E-state index is 13.1. The molecule has 152 valence electrons. The number of hydrazine groups is 1. The molecule has 0 saturated carbocycles. The van der Waals surface area contributed by atoms with Gasteiger partial charge in [0.1, 0.15) is 4.87 Å². The van der Waals surface area contributed by atoms with E-state index in [9.17, 15) is 10.1 Å². The number of hydrogen-bond acceptors (Lipinski definition) is 2. The van der Waals surface area contributed by atoms with Gasteiger partial charge in [-0.2, -0.15) is 5.17 Å². The Hall–Kier alpha value is -2.20. The highest BCUT2D eigenvalue weighted by atomic mass is 16.6. The monoisotopic (exact) mass is 382 g/mol. The lowest BCUT2D eigenvalue weighted by Crippen LogP contribution is -2.45. The van der Waals surface area contributed by atoms with Gasteiger partial charge in [0.2, 0.25) is 6.04 Å². The molecule has 2 aromatic carbocycles. The normalized spacial score (nSPS) is 13.5. The third-order valence-corrected chi connectivity index (χ3v) is 4.93. The molecule has 0 bridgehead atoms. The third-order valence-electron chi connectivity index (χ3n) is 4.93. The van der Waals surface area contributed by atoms with Crippen LogP contribution < -0.4 is 0 Å². The quantitative estimate of drug-likeness (QED) is 0.365. The van der Waals surface area contributed by atoms with E-state index >= 15 is 0 Å². The van der Waals surface area contributed by atoms with Gasteiger partial charge in [-0.1, -0.05) is 88.4 Å². The summed E-state index contributed by atoms with van der Waals surface area (Å²) in [5.74, 6) is 0.687. The molecule has 4 heteroatoms. The van der Waals surface area contributed by atoms with Gasteiger partial charge in [-0.15, -0.1) is 0 Å². The number of nitroso groups, excluding NO2 is 1. The lowest BCUT2D eigenvalue weighted by molar-refractivity contribution is -0.730. The average Bonchev–Trinajstić information content (AvgIpc) is 2.67. The van der Waals surface area contributed by atoms with Crippen molar-refractivity contribution in [2.75, 3.05) is 0 Å². The van der Waals surface area contributed by atoms with Crippen LogP contribution >= 0.6 is 0 Å². The first-order valence-corrected chi connectivity index (χ1v) is 10.4. The molecule has 0 radical (unpaired) electrons. The van der Waals surface area contributed by atoms with Gasteiger partial charge >= 0.3 is 0 Å². The second-order valence-electron chi connectivity index (χ2n) is 8.55. The minimum absolute atomic E-state index is 0.344. The Labute approximate surface area is 169 Å². The van der Waals surface area contributed by atoms with Crippen molar-refractivity contribution in [2.24, 2.45) is 11.8 Å². The predicted molar refractivity (Wildman–Crippen MR) is 116 cm³/mol. The van der Waals surface area contributed by atoms with Crippen LogP contribution in [-0.4, -0.2) is 22.1 Å². The van der Waals surface area contributed by atoms with Gasteiger partial charge < -0.3 is 5.21 Å². The first kappa shape index (κ1) is 22.1. The van der Waals surface area contributed by atoms with E-state index in [1.165, 1.54) is 0 Å². The zero-order valence-electron chi connectivity index (χ0n) is 17.6. The zero-order chi connectivity index (χ0) is 20.5. The Kier molecular flexibility index (Phi) is 8.65. The van der Waals surface area contributed by atoms with Crippen molar-refractivity contribution < 1.29 is 4.87 Å². The fourth-order valence-electron chi connectivity index (χ4n) is 3.69. The minimum Gasteiger partial charge on any atom is -0.704 e. The Balaban J connectivity index is 2.17. The number of hydrogen-bond donors (Lipinski definition) is 0. The van der Waals surface area contributed by atoms with Gasteiger partial charge in [-0.05, 0) is 35.8 Å². The van der Waals surface area contributed by atoms with Crippen LogP contribution in [0.5, 0.6) is 0 Å². The topological polar surface area (TPSA) is 46.4 Å². The standard InChI is InChI=1S/C24H34N2O2/c1-19(2)15-23(17-21-11-7-5-8-12-21)25(27)26(28)24(16-20(3)4)18-22-13-9-6-10-14-22/h5-14,19-20,23-24H,15-18H2,1-4H3. The maximum absolute atomic E-state index is 13.1. The van der Waals surface area contributed by atoms with Crippen molar-refractivity contribution in [3.63, 3.8) is 0 Å². The van der Waals surface area contributed by atoms with Gasteiger partial charge in [-0.25, -0.2) is 0 Å².